The number of nitrogens with one attached hydrogen (secondary N) is 2. The van der Waals surface area contributed by atoms with Gasteiger partial charge in [-0.25, -0.2) is 10.2 Å². The standard InChI is InChI=1S/C16H25N3O2/c1-5-6-15(20)19(11-12(2)3)18-16(21)17-14-9-7-13(4)8-10-14/h7-10,12H,5-6,11H2,1-4H3,(H2,17,18,21). The van der Waals surface area contributed by atoms with Crippen LogP contribution in [0, 0.1) is 12.8 Å². The largest absolute Gasteiger partial charge is 0.338 e. The Morgan fingerprint density at radius 1 is 1.19 bits per heavy atom. The highest BCUT2D eigenvalue weighted by Crippen LogP contribution is 2.08. The minimum absolute atomic E-state index is 0.0646. The van der Waals surface area contributed by atoms with Crippen molar-refractivity contribution in [1.82, 2.24) is 10.4 Å². The van der Waals surface area contributed by atoms with E-state index in [1.165, 1.54) is 5.01 Å². The number of amides is 3. The molecule has 1 aromatic carbocycles. The average molecular weight is 291 g/mol. The van der Waals surface area contributed by atoms with Gasteiger partial charge in [-0.15, -0.1) is 0 Å². The van der Waals surface area contributed by atoms with E-state index in [0.717, 1.165) is 12.0 Å². The number of aryl methyl sites for hydroxylation is 1. The lowest BCUT2D eigenvalue weighted by atomic mass is 10.2. The van der Waals surface area contributed by atoms with Crippen molar-refractivity contribution in [2.24, 2.45) is 5.92 Å². The lowest BCUT2D eigenvalue weighted by molar-refractivity contribution is -0.134. The minimum Gasteiger partial charge on any atom is -0.307 e. The second-order valence-electron chi connectivity index (χ2n) is 5.58. The lowest BCUT2D eigenvalue weighted by Gasteiger charge is -2.25. The number of benzene rings is 1. The normalized spacial score (nSPS) is 10.3. The molecule has 0 unspecified atom stereocenters. The Kier molecular flexibility index (Phi) is 6.72. The Morgan fingerprint density at radius 2 is 1.81 bits per heavy atom. The molecule has 0 aromatic heterocycles. The molecule has 3 amide bonds. The second kappa shape index (κ2) is 8.29. The van der Waals surface area contributed by atoms with Crippen LogP contribution in [-0.2, 0) is 4.79 Å². The first-order chi connectivity index (χ1) is 9.92. The fourth-order valence-corrected chi connectivity index (χ4v) is 1.84. The second-order valence-corrected chi connectivity index (χ2v) is 5.58. The third kappa shape index (κ3) is 6.29. The molecule has 0 spiro atoms. The number of hydrogen-bond donors (Lipinski definition) is 2. The Hall–Kier alpha value is -2.04. The summed E-state index contributed by atoms with van der Waals surface area (Å²) in [6.07, 6.45) is 1.19. The molecular formula is C16H25N3O2. The molecule has 0 bridgehead atoms. The number of carbonyl (C=O) groups is 2. The van der Waals surface area contributed by atoms with E-state index in [1.54, 1.807) is 0 Å². The Balaban J connectivity index is 2.62. The van der Waals surface area contributed by atoms with Gasteiger partial charge in [0.15, 0.2) is 0 Å². The van der Waals surface area contributed by atoms with Gasteiger partial charge in [0.05, 0.1) is 0 Å². The first-order valence-corrected chi connectivity index (χ1v) is 7.37. The molecule has 0 aliphatic rings. The smallest absolute Gasteiger partial charge is 0.307 e. The zero-order valence-electron chi connectivity index (χ0n) is 13.3. The molecular weight excluding hydrogens is 266 g/mol. The van der Waals surface area contributed by atoms with Gasteiger partial charge in [-0.05, 0) is 31.4 Å². The van der Waals surface area contributed by atoms with E-state index in [1.807, 2.05) is 52.0 Å². The van der Waals surface area contributed by atoms with Gasteiger partial charge in [-0.3, -0.25) is 9.80 Å². The number of hydrogen-bond acceptors (Lipinski definition) is 2. The van der Waals surface area contributed by atoms with Gasteiger partial charge >= 0.3 is 6.03 Å². The Morgan fingerprint density at radius 3 is 2.33 bits per heavy atom. The van der Waals surface area contributed by atoms with E-state index in [2.05, 4.69) is 10.7 Å². The highest BCUT2D eigenvalue weighted by molar-refractivity contribution is 5.90. The van der Waals surface area contributed by atoms with Crippen LogP contribution in [-0.4, -0.2) is 23.5 Å². The highest BCUT2D eigenvalue weighted by atomic mass is 16.2. The lowest BCUT2D eigenvalue weighted by Crippen LogP contribution is -2.49. The van der Waals surface area contributed by atoms with Gasteiger partial charge in [0.1, 0.15) is 0 Å². The number of urea groups is 1. The van der Waals surface area contributed by atoms with Crippen molar-refractivity contribution < 1.29 is 9.59 Å². The van der Waals surface area contributed by atoms with E-state index in [-0.39, 0.29) is 11.8 Å². The van der Waals surface area contributed by atoms with Crippen LogP contribution >= 0.6 is 0 Å². The summed E-state index contributed by atoms with van der Waals surface area (Å²) >= 11 is 0. The molecule has 0 fully saturated rings. The maximum Gasteiger partial charge on any atom is 0.338 e. The summed E-state index contributed by atoms with van der Waals surface area (Å²) in [4.78, 5) is 24.0. The molecule has 21 heavy (non-hydrogen) atoms. The van der Waals surface area contributed by atoms with Crippen molar-refractivity contribution in [2.75, 3.05) is 11.9 Å². The summed E-state index contributed by atoms with van der Waals surface area (Å²) in [5, 5.41) is 4.13. The maximum atomic E-state index is 12.0. The SMILES string of the molecule is CCCC(=O)N(CC(C)C)NC(=O)Nc1ccc(C)cc1. The molecule has 0 saturated heterocycles. The van der Waals surface area contributed by atoms with Crippen LogP contribution in [0.2, 0.25) is 0 Å². The van der Waals surface area contributed by atoms with Gasteiger partial charge in [-0.2, -0.15) is 0 Å². The monoisotopic (exact) mass is 291 g/mol. The molecule has 1 aromatic rings. The van der Waals surface area contributed by atoms with Gasteiger partial charge in [0.25, 0.3) is 0 Å². The van der Waals surface area contributed by atoms with Gasteiger partial charge in [-0.1, -0.05) is 38.5 Å². The van der Waals surface area contributed by atoms with E-state index < -0.39 is 6.03 Å². The summed E-state index contributed by atoms with van der Waals surface area (Å²) in [7, 11) is 0. The zero-order chi connectivity index (χ0) is 15.8. The molecule has 0 aliphatic heterocycles. The molecule has 0 radical (unpaired) electrons. The van der Waals surface area contributed by atoms with E-state index in [4.69, 9.17) is 0 Å². The Labute approximate surface area is 126 Å². The molecule has 0 saturated carbocycles. The summed E-state index contributed by atoms with van der Waals surface area (Å²) in [5.41, 5.74) is 4.45. The molecule has 5 nitrogen and oxygen atoms in total. The van der Waals surface area contributed by atoms with Crippen LogP contribution in [0.5, 0.6) is 0 Å². The van der Waals surface area contributed by atoms with Crippen molar-refractivity contribution in [3.63, 3.8) is 0 Å². The molecule has 5 heteroatoms. The molecule has 0 aliphatic carbocycles. The maximum absolute atomic E-state index is 12.0. The summed E-state index contributed by atoms with van der Waals surface area (Å²) in [6.45, 7) is 8.44. The fourth-order valence-electron chi connectivity index (χ4n) is 1.84. The topological polar surface area (TPSA) is 61.4 Å². The number of anilines is 1. The molecule has 0 atom stereocenters. The summed E-state index contributed by atoms with van der Waals surface area (Å²) in [5.74, 6) is 0.218. The molecule has 1 rings (SSSR count). The van der Waals surface area contributed by atoms with Gasteiger partial charge < -0.3 is 5.32 Å². The molecule has 116 valence electrons. The van der Waals surface area contributed by atoms with Gasteiger partial charge in [0.2, 0.25) is 5.91 Å². The minimum atomic E-state index is -0.399. The van der Waals surface area contributed by atoms with Crippen LogP contribution in [0.1, 0.15) is 39.2 Å². The van der Waals surface area contributed by atoms with Gasteiger partial charge in [0, 0.05) is 18.7 Å². The molecule has 2 N–H and O–H groups in total. The van der Waals surface area contributed by atoms with Crippen molar-refractivity contribution in [3.8, 4) is 0 Å². The number of hydrazine groups is 1. The fraction of sp³-hybridized carbons (Fsp3) is 0.500. The summed E-state index contributed by atoms with van der Waals surface area (Å²) in [6, 6.07) is 7.10. The molecule has 0 heterocycles. The van der Waals surface area contributed by atoms with Crippen LogP contribution in [0.3, 0.4) is 0 Å². The summed E-state index contributed by atoms with van der Waals surface area (Å²) < 4.78 is 0. The van der Waals surface area contributed by atoms with Crippen molar-refractivity contribution >= 4 is 17.6 Å². The first-order valence-electron chi connectivity index (χ1n) is 7.37. The zero-order valence-corrected chi connectivity index (χ0v) is 13.3. The van der Waals surface area contributed by atoms with E-state index in [0.29, 0.717) is 18.7 Å². The number of rotatable bonds is 5. The van der Waals surface area contributed by atoms with Crippen molar-refractivity contribution in [3.05, 3.63) is 29.8 Å². The predicted molar refractivity (Wildman–Crippen MR) is 84.8 cm³/mol. The van der Waals surface area contributed by atoms with E-state index in [9.17, 15) is 9.59 Å². The highest BCUT2D eigenvalue weighted by Gasteiger charge is 2.16. The van der Waals surface area contributed by atoms with Crippen LogP contribution in [0.15, 0.2) is 24.3 Å². The first kappa shape index (κ1) is 17.0. The average Bonchev–Trinajstić information content (AvgIpc) is 2.40. The third-order valence-electron chi connectivity index (χ3n) is 2.86. The number of carbonyl (C=O) groups excluding carboxylic acids is 2. The van der Waals surface area contributed by atoms with Crippen LogP contribution < -0.4 is 10.7 Å². The quantitative estimate of drug-likeness (QED) is 0.818. The predicted octanol–water partition coefficient (Wildman–Crippen LogP) is 3.32. The third-order valence-corrected chi connectivity index (χ3v) is 2.86. The van der Waals surface area contributed by atoms with Crippen LogP contribution in [0.4, 0.5) is 10.5 Å². The van der Waals surface area contributed by atoms with Crippen molar-refractivity contribution in [1.29, 1.82) is 0 Å². The van der Waals surface area contributed by atoms with E-state index >= 15 is 0 Å². The number of nitrogens with zero attached hydrogens (tertiary/aromatic N) is 1. The Bertz CT molecular complexity index is 469. The van der Waals surface area contributed by atoms with Crippen LogP contribution in [0.25, 0.3) is 0 Å². The van der Waals surface area contributed by atoms with Crippen molar-refractivity contribution in [2.45, 2.75) is 40.5 Å².